The quantitative estimate of drug-likeness (QED) is 0.920. The normalized spacial score (nSPS) is 17.6. The molecular formula is C16H22N2O2. The van der Waals surface area contributed by atoms with Crippen LogP contribution in [0.5, 0.6) is 0 Å². The highest BCUT2D eigenvalue weighted by atomic mass is 16.2. The Hall–Kier alpha value is -1.84. The highest BCUT2D eigenvalue weighted by molar-refractivity contribution is 6.07. The van der Waals surface area contributed by atoms with Crippen LogP contribution in [0.2, 0.25) is 0 Å². The molecule has 2 amide bonds. The minimum absolute atomic E-state index is 0.0266. The van der Waals surface area contributed by atoms with E-state index in [1.54, 1.807) is 0 Å². The molecule has 1 heterocycles. The molecule has 20 heavy (non-hydrogen) atoms. The zero-order valence-corrected chi connectivity index (χ0v) is 12.8. The fourth-order valence-electron chi connectivity index (χ4n) is 2.81. The van der Waals surface area contributed by atoms with Crippen LogP contribution >= 0.6 is 0 Å². The van der Waals surface area contributed by atoms with Crippen LogP contribution in [0.1, 0.15) is 43.5 Å². The molecule has 1 aliphatic heterocycles. The van der Waals surface area contributed by atoms with E-state index in [-0.39, 0.29) is 11.8 Å². The Bertz CT molecular complexity index is 564. The summed E-state index contributed by atoms with van der Waals surface area (Å²) in [5, 5.41) is 2.79. The van der Waals surface area contributed by atoms with Crippen LogP contribution in [0.15, 0.2) is 12.1 Å². The van der Waals surface area contributed by atoms with Gasteiger partial charge >= 0.3 is 0 Å². The molecule has 0 unspecified atom stereocenters. The molecule has 0 saturated carbocycles. The third-order valence-corrected chi connectivity index (χ3v) is 3.60. The van der Waals surface area contributed by atoms with Gasteiger partial charge in [0.15, 0.2) is 0 Å². The first kappa shape index (κ1) is 14.6. The van der Waals surface area contributed by atoms with Crippen molar-refractivity contribution in [3.8, 4) is 0 Å². The largest absolute Gasteiger partial charge is 0.341 e. The zero-order chi connectivity index (χ0) is 15.0. The standard InChI is InChI=1S/C16H22N2O2/c1-9(2)8-18-15-11(4)7-6-10(3)13(15)14(16(18)20)17-12(5)19/h6-7,9,14H,8H2,1-5H3,(H,17,19)/t14-/m0/s1. The summed E-state index contributed by atoms with van der Waals surface area (Å²) >= 11 is 0. The Labute approximate surface area is 120 Å². The van der Waals surface area contributed by atoms with Gasteiger partial charge in [-0.05, 0) is 30.9 Å². The number of carbonyl (C=O) groups excluding carboxylic acids is 2. The molecule has 108 valence electrons. The predicted molar refractivity (Wildman–Crippen MR) is 79.7 cm³/mol. The van der Waals surface area contributed by atoms with Gasteiger partial charge < -0.3 is 10.2 Å². The van der Waals surface area contributed by atoms with Crippen LogP contribution in [0, 0.1) is 19.8 Å². The van der Waals surface area contributed by atoms with Crippen molar-refractivity contribution >= 4 is 17.5 Å². The number of hydrogen-bond acceptors (Lipinski definition) is 2. The molecule has 2 rings (SSSR count). The van der Waals surface area contributed by atoms with Gasteiger partial charge in [-0.1, -0.05) is 26.0 Å². The van der Waals surface area contributed by atoms with E-state index in [1.165, 1.54) is 6.92 Å². The number of fused-ring (bicyclic) bond motifs is 1. The number of nitrogens with zero attached hydrogens (tertiary/aromatic N) is 1. The molecule has 1 aromatic rings. The van der Waals surface area contributed by atoms with Gasteiger partial charge in [0.1, 0.15) is 6.04 Å². The number of nitrogens with one attached hydrogen (secondary N) is 1. The van der Waals surface area contributed by atoms with Gasteiger partial charge in [0.05, 0.1) is 5.69 Å². The van der Waals surface area contributed by atoms with Crippen molar-refractivity contribution in [1.82, 2.24) is 5.32 Å². The Balaban J connectivity index is 2.55. The lowest BCUT2D eigenvalue weighted by molar-refractivity contribution is -0.126. The van der Waals surface area contributed by atoms with Gasteiger partial charge in [-0.3, -0.25) is 9.59 Å². The maximum absolute atomic E-state index is 12.6. The van der Waals surface area contributed by atoms with E-state index in [0.29, 0.717) is 12.5 Å². The van der Waals surface area contributed by atoms with E-state index < -0.39 is 6.04 Å². The molecule has 0 saturated heterocycles. The molecule has 1 N–H and O–H groups in total. The second kappa shape index (κ2) is 5.27. The van der Waals surface area contributed by atoms with E-state index in [9.17, 15) is 9.59 Å². The molecule has 0 bridgehead atoms. The zero-order valence-electron chi connectivity index (χ0n) is 12.8. The summed E-state index contributed by atoms with van der Waals surface area (Å²) in [6.45, 7) is 10.3. The fraction of sp³-hybridized carbons (Fsp3) is 0.500. The first-order chi connectivity index (χ1) is 9.32. The summed E-state index contributed by atoms with van der Waals surface area (Å²) < 4.78 is 0. The second-order valence-electron chi connectivity index (χ2n) is 5.94. The van der Waals surface area contributed by atoms with Crippen molar-refractivity contribution in [3.05, 3.63) is 28.8 Å². The molecule has 1 aromatic carbocycles. The van der Waals surface area contributed by atoms with Crippen LogP contribution in [0.25, 0.3) is 0 Å². The minimum Gasteiger partial charge on any atom is -0.341 e. The van der Waals surface area contributed by atoms with Crippen molar-refractivity contribution in [2.24, 2.45) is 5.92 Å². The highest BCUT2D eigenvalue weighted by Gasteiger charge is 2.39. The molecule has 0 spiro atoms. The predicted octanol–water partition coefficient (Wildman–Crippen LogP) is 2.48. The Morgan fingerprint density at radius 1 is 1.30 bits per heavy atom. The molecule has 0 aliphatic carbocycles. The summed E-state index contributed by atoms with van der Waals surface area (Å²) in [6.07, 6.45) is 0. The SMILES string of the molecule is CC(=O)N[C@@H]1C(=O)N(CC(C)C)c2c(C)ccc(C)c21. The summed E-state index contributed by atoms with van der Waals surface area (Å²) in [6, 6.07) is 3.50. The summed E-state index contributed by atoms with van der Waals surface area (Å²) in [7, 11) is 0. The van der Waals surface area contributed by atoms with Gasteiger partial charge in [-0.15, -0.1) is 0 Å². The summed E-state index contributed by atoms with van der Waals surface area (Å²) in [5.74, 6) is 0.172. The smallest absolute Gasteiger partial charge is 0.254 e. The molecular weight excluding hydrogens is 252 g/mol. The first-order valence-electron chi connectivity index (χ1n) is 7.01. The number of carbonyl (C=O) groups is 2. The molecule has 0 aromatic heterocycles. The monoisotopic (exact) mass is 274 g/mol. The number of amides is 2. The first-order valence-corrected chi connectivity index (χ1v) is 7.01. The van der Waals surface area contributed by atoms with Crippen LogP contribution < -0.4 is 10.2 Å². The topological polar surface area (TPSA) is 49.4 Å². The minimum atomic E-state index is -0.541. The van der Waals surface area contributed by atoms with E-state index in [2.05, 4.69) is 19.2 Å². The molecule has 1 atom stereocenters. The Kier molecular flexibility index (Phi) is 3.84. The fourth-order valence-corrected chi connectivity index (χ4v) is 2.81. The Morgan fingerprint density at radius 2 is 1.90 bits per heavy atom. The van der Waals surface area contributed by atoms with Crippen molar-refractivity contribution in [1.29, 1.82) is 0 Å². The molecule has 0 radical (unpaired) electrons. The summed E-state index contributed by atoms with van der Waals surface area (Å²) in [4.78, 5) is 25.9. The lowest BCUT2D eigenvalue weighted by Gasteiger charge is -2.21. The molecule has 4 heteroatoms. The van der Waals surface area contributed by atoms with E-state index >= 15 is 0 Å². The van der Waals surface area contributed by atoms with Crippen molar-refractivity contribution < 1.29 is 9.59 Å². The number of anilines is 1. The Morgan fingerprint density at radius 3 is 2.45 bits per heavy atom. The molecule has 1 aliphatic rings. The average molecular weight is 274 g/mol. The van der Waals surface area contributed by atoms with E-state index in [0.717, 1.165) is 22.4 Å². The highest BCUT2D eigenvalue weighted by Crippen LogP contribution is 2.40. The van der Waals surface area contributed by atoms with E-state index in [4.69, 9.17) is 0 Å². The lowest BCUT2D eigenvalue weighted by atomic mass is 9.99. The maximum atomic E-state index is 12.6. The van der Waals surface area contributed by atoms with Crippen molar-refractivity contribution in [2.45, 2.75) is 40.7 Å². The average Bonchev–Trinajstić information content (AvgIpc) is 2.59. The second-order valence-corrected chi connectivity index (χ2v) is 5.94. The van der Waals surface area contributed by atoms with Gasteiger partial charge in [0.25, 0.3) is 5.91 Å². The third-order valence-electron chi connectivity index (χ3n) is 3.60. The number of rotatable bonds is 3. The number of aryl methyl sites for hydroxylation is 2. The van der Waals surface area contributed by atoms with Crippen LogP contribution in [0.3, 0.4) is 0 Å². The van der Waals surface area contributed by atoms with Crippen LogP contribution in [-0.4, -0.2) is 18.4 Å². The molecule has 4 nitrogen and oxygen atoms in total. The summed E-state index contributed by atoms with van der Waals surface area (Å²) in [5.41, 5.74) is 4.05. The van der Waals surface area contributed by atoms with Crippen LogP contribution in [0.4, 0.5) is 5.69 Å². The lowest BCUT2D eigenvalue weighted by Crippen LogP contribution is -2.38. The van der Waals surface area contributed by atoms with Crippen LogP contribution in [-0.2, 0) is 9.59 Å². The van der Waals surface area contributed by atoms with Gasteiger partial charge in [-0.2, -0.15) is 0 Å². The van der Waals surface area contributed by atoms with Gasteiger partial charge in [-0.25, -0.2) is 0 Å². The van der Waals surface area contributed by atoms with Gasteiger partial charge in [0.2, 0.25) is 5.91 Å². The van der Waals surface area contributed by atoms with Crippen molar-refractivity contribution in [3.63, 3.8) is 0 Å². The van der Waals surface area contributed by atoms with Crippen molar-refractivity contribution in [2.75, 3.05) is 11.4 Å². The molecule has 0 fully saturated rings. The van der Waals surface area contributed by atoms with E-state index in [1.807, 2.05) is 30.9 Å². The third kappa shape index (κ3) is 2.42. The number of benzene rings is 1. The number of hydrogen-bond donors (Lipinski definition) is 1. The maximum Gasteiger partial charge on any atom is 0.254 e. The van der Waals surface area contributed by atoms with Gasteiger partial charge in [0, 0.05) is 19.0 Å².